The number of aromatic nitrogens is 1. The van der Waals surface area contributed by atoms with Gasteiger partial charge in [-0.3, -0.25) is 0 Å². The molecule has 1 aromatic heterocycles. The molecule has 4 heteroatoms. The van der Waals surface area contributed by atoms with E-state index in [2.05, 4.69) is 31.0 Å². The molecule has 0 aliphatic heterocycles. The standard InChI is InChI=1S/C14H17NO2S/c1-10(2)7-11-3-5-12(6-4-11)16-9-13-8-15-14(18)17-13/h3-6,8,10H,7,9H2,1-2H3,(H,15,18). The van der Waals surface area contributed by atoms with Gasteiger partial charge in [0.2, 0.25) is 0 Å². The highest BCUT2D eigenvalue weighted by Gasteiger charge is 2.01. The minimum atomic E-state index is 0.376. The molecule has 1 heterocycles. The lowest BCUT2D eigenvalue weighted by atomic mass is 10.0. The zero-order chi connectivity index (χ0) is 13.0. The van der Waals surface area contributed by atoms with Gasteiger partial charge in [0.1, 0.15) is 12.4 Å². The Labute approximate surface area is 112 Å². The van der Waals surface area contributed by atoms with Gasteiger partial charge in [0.05, 0.1) is 0 Å². The van der Waals surface area contributed by atoms with Gasteiger partial charge in [-0.2, -0.15) is 0 Å². The van der Waals surface area contributed by atoms with E-state index in [4.69, 9.17) is 21.4 Å². The third-order valence-corrected chi connectivity index (χ3v) is 2.72. The quantitative estimate of drug-likeness (QED) is 0.825. The molecule has 0 spiro atoms. The van der Waals surface area contributed by atoms with Crippen molar-refractivity contribution in [1.29, 1.82) is 0 Å². The van der Waals surface area contributed by atoms with E-state index in [-0.39, 0.29) is 0 Å². The first kappa shape index (κ1) is 12.9. The average Bonchev–Trinajstić information content (AvgIpc) is 2.74. The Kier molecular flexibility index (Phi) is 4.20. The minimum Gasteiger partial charge on any atom is -0.486 e. The van der Waals surface area contributed by atoms with Gasteiger partial charge in [0.25, 0.3) is 4.84 Å². The summed E-state index contributed by atoms with van der Waals surface area (Å²) in [6.07, 6.45) is 2.81. The molecule has 0 amide bonds. The zero-order valence-electron chi connectivity index (χ0n) is 10.6. The molecular weight excluding hydrogens is 246 g/mol. The Bertz CT molecular complexity index is 539. The fourth-order valence-electron chi connectivity index (χ4n) is 1.74. The summed E-state index contributed by atoms with van der Waals surface area (Å²) in [5.74, 6) is 2.21. The molecule has 96 valence electrons. The fraction of sp³-hybridized carbons (Fsp3) is 0.357. The van der Waals surface area contributed by atoms with Crippen LogP contribution in [0.15, 0.2) is 34.9 Å². The van der Waals surface area contributed by atoms with Crippen LogP contribution in [0.3, 0.4) is 0 Å². The Morgan fingerprint density at radius 1 is 1.28 bits per heavy atom. The van der Waals surface area contributed by atoms with Crippen LogP contribution in [0.5, 0.6) is 5.75 Å². The van der Waals surface area contributed by atoms with E-state index in [0.717, 1.165) is 12.2 Å². The summed E-state index contributed by atoms with van der Waals surface area (Å²) in [5.41, 5.74) is 1.33. The van der Waals surface area contributed by atoms with Crippen molar-refractivity contribution < 1.29 is 9.15 Å². The number of aromatic amines is 1. The summed E-state index contributed by atoms with van der Waals surface area (Å²) >= 11 is 4.84. The van der Waals surface area contributed by atoms with Crippen molar-refractivity contribution >= 4 is 12.2 Å². The van der Waals surface area contributed by atoms with Crippen molar-refractivity contribution in [3.63, 3.8) is 0 Å². The number of nitrogens with one attached hydrogen (secondary N) is 1. The second-order valence-electron chi connectivity index (χ2n) is 4.68. The monoisotopic (exact) mass is 263 g/mol. The molecule has 2 aromatic rings. The third-order valence-electron chi connectivity index (χ3n) is 2.52. The van der Waals surface area contributed by atoms with Gasteiger partial charge in [-0.05, 0) is 42.3 Å². The van der Waals surface area contributed by atoms with Gasteiger partial charge >= 0.3 is 0 Å². The molecule has 0 aliphatic rings. The van der Waals surface area contributed by atoms with Gasteiger partial charge in [-0.1, -0.05) is 26.0 Å². The molecule has 18 heavy (non-hydrogen) atoms. The van der Waals surface area contributed by atoms with E-state index in [1.54, 1.807) is 6.20 Å². The number of hydrogen-bond acceptors (Lipinski definition) is 3. The topological polar surface area (TPSA) is 38.2 Å². The number of hydrogen-bond donors (Lipinski definition) is 1. The van der Waals surface area contributed by atoms with Gasteiger partial charge in [-0.15, -0.1) is 0 Å². The lowest BCUT2D eigenvalue weighted by molar-refractivity contribution is 0.268. The molecular formula is C14H17NO2S. The highest BCUT2D eigenvalue weighted by molar-refractivity contribution is 7.71. The van der Waals surface area contributed by atoms with Gasteiger partial charge in [0, 0.05) is 6.20 Å². The number of rotatable bonds is 5. The van der Waals surface area contributed by atoms with Crippen LogP contribution in [0.2, 0.25) is 0 Å². The molecule has 0 saturated heterocycles. The number of oxazole rings is 1. The number of benzene rings is 1. The lowest BCUT2D eigenvalue weighted by Gasteiger charge is -2.07. The minimum absolute atomic E-state index is 0.376. The molecule has 0 atom stereocenters. The van der Waals surface area contributed by atoms with Gasteiger partial charge < -0.3 is 14.1 Å². The molecule has 3 nitrogen and oxygen atoms in total. The van der Waals surface area contributed by atoms with Crippen molar-refractivity contribution in [2.24, 2.45) is 5.92 Å². The van der Waals surface area contributed by atoms with Crippen molar-refractivity contribution in [2.45, 2.75) is 26.9 Å². The molecule has 0 unspecified atom stereocenters. The van der Waals surface area contributed by atoms with Crippen LogP contribution in [-0.2, 0) is 13.0 Å². The Morgan fingerprint density at radius 3 is 2.56 bits per heavy atom. The summed E-state index contributed by atoms with van der Waals surface area (Å²) in [4.78, 5) is 3.18. The summed E-state index contributed by atoms with van der Waals surface area (Å²) in [7, 11) is 0. The van der Waals surface area contributed by atoms with E-state index in [1.165, 1.54) is 5.56 Å². The van der Waals surface area contributed by atoms with Crippen LogP contribution < -0.4 is 4.74 Å². The molecule has 1 N–H and O–H groups in total. The normalized spacial score (nSPS) is 10.8. The van der Waals surface area contributed by atoms with Crippen molar-refractivity contribution in [3.05, 3.63) is 46.6 Å². The summed E-state index contributed by atoms with van der Waals surface area (Å²) in [6, 6.07) is 8.17. The molecule has 2 rings (SSSR count). The zero-order valence-corrected chi connectivity index (χ0v) is 11.4. The first-order valence-corrected chi connectivity index (χ1v) is 6.43. The van der Waals surface area contributed by atoms with E-state index in [1.807, 2.05) is 12.1 Å². The molecule has 0 aliphatic carbocycles. The maximum atomic E-state index is 5.61. The summed E-state index contributed by atoms with van der Waals surface area (Å²) in [6.45, 7) is 4.81. The number of H-pyrrole nitrogens is 1. The second-order valence-corrected chi connectivity index (χ2v) is 5.05. The molecule has 0 radical (unpaired) electrons. The molecule has 0 saturated carbocycles. The van der Waals surface area contributed by atoms with Crippen molar-refractivity contribution in [3.8, 4) is 5.75 Å². The van der Waals surface area contributed by atoms with Crippen LogP contribution in [0.1, 0.15) is 25.2 Å². The van der Waals surface area contributed by atoms with Crippen LogP contribution in [0.4, 0.5) is 0 Å². The van der Waals surface area contributed by atoms with Crippen molar-refractivity contribution in [1.82, 2.24) is 4.98 Å². The molecule has 0 bridgehead atoms. The highest BCUT2D eigenvalue weighted by Crippen LogP contribution is 2.16. The predicted octanol–water partition coefficient (Wildman–Crippen LogP) is 4.11. The highest BCUT2D eigenvalue weighted by atomic mass is 32.1. The number of ether oxygens (including phenoxy) is 1. The first-order valence-electron chi connectivity index (χ1n) is 6.02. The first-order chi connectivity index (χ1) is 8.63. The van der Waals surface area contributed by atoms with Crippen LogP contribution in [0.25, 0.3) is 0 Å². The second kappa shape index (κ2) is 5.87. The average molecular weight is 263 g/mol. The van der Waals surface area contributed by atoms with E-state index < -0.39 is 0 Å². The van der Waals surface area contributed by atoms with E-state index in [0.29, 0.717) is 23.1 Å². The maximum Gasteiger partial charge on any atom is 0.266 e. The summed E-state index contributed by atoms with van der Waals surface area (Å²) < 4.78 is 10.8. The maximum absolute atomic E-state index is 5.61. The van der Waals surface area contributed by atoms with Crippen molar-refractivity contribution in [2.75, 3.05) is 0 Å². The smallest absolute Gasteiger partial charge is 0.266 e. The Morgan fingerprint density at radius 2 is 2.00 bits per heavy atom. The summed E-state index contributed by atoms with van der Waals surface area (Å²) in [5, 5.41) is 0. The Hall–Kier alpha value is -1.55. The molecule has 1 aromatic carbocycles. The van der Waals surface area contributed by atoms with Crippen LogP contribution in [-0.4, -0.2) is 4.98 Å². The lowest BCUT2D eigenvalue weighted by Crippen LogP contribution is -1.96. The van der Waals surface area contributed by atoms with E-state index in [9.17, 15) is 0 Å². The Balaban J connectivity index is 1.92. The van der Waals surface area contributed by atoms with Gasteiger partial charge in [0.15, 0.2) is 5.76 Å². The predicted molar refractivity (Wildman–Crippen MR) is 73.2 cm³/mol. The van der Waals surface area contributed by atoms with Crippen LogP contribution in [0, 0.1) is 10.8 Å². The van der Waals surface area contributed by atoms with E-state index >= 15 is 0 Å². The third kappa shape index (κ3) is 3.74. The molecule has 0 fully saturated rings. The fourth-order valence-corrected chi connectivity index (χ4v) is 1.90. The van der Waals surface area contributed by atoms with Gasteiger partial charge in [-0.25, -0.2) is 0 Å². The van der Waals surface area contributed by atoms with Crippen LogP contribution >= 0.6 is 12.2 Å². The SMILES string of the molecule is CC(C)Cc1ccc(OCc2c[nH]c(=S)o2)cc1. The largest absolute Gasteiger partial charge is 0.486 e.